The van der Waals surface area contributed by atoms with Gasteiger partial charge >= 0.3 is 23.9 Å². The Morgan fingerprint density at radius 1 is 0.484 bits per heavy atom. The van der Waals surface area contributed by atoms with Crippen LogP contribution in [0.4, 0.5) is 0 Å². The van der Waals surface area contributed by atoms with Gasteiger partial charge in [-0.15, -0.1) is 0 Å². The molecule has 0 radical (unpaired) electrons. The molecule has 2 rings (SSSR count). The summed E-state index contributed by atoms with van der Waals surface area (Å²) >= 11 is 0. The second-order valence-corrected chi connectivity index (χ2v) is 17.5. The van der Waals surface area contributed by atoms with Gasteiger partial charge in [-0.1, -0.05) is 188 Å². The molecule has 4 atom stereocenters. The molecular weight excluding hydrogens is 801 g/mol. The van der Waals surface area contributed by atoms with Gasteiger partial charge in [0.05, 0.1) is 0 Å². The van der Waals surface area contributed by atoms with Crippen LogP contribution < -0.4 is 0 Å². The van der Waals surface area contributed by atoms with Crippen LogP contribution in [0.1, 0.15) is 213 Å². The molecule has 0 aliphatic carbocycles. The molecule has 14 heteroatoms. The zero-order valence-corrected chi connectivity index (χ0v) is 38.5. The monoisotopic (exact) mass is 885 g/mol. The maximum atomic E-state index is 11.7. The second kappa shape index (κ2) is 35.9. The minimum Gasteiger partial charge on any atom is -0.505 e. The molecule has 62 heavy (non-hydrogen) atoms. The third-order valence-electron chi connectivity index (χ3n) is 11.3. The SMILES string of the molecule is CC(C)CCCCCCCCCCCCCCC(=O)OC[C@H](O)[C@H]1OC(=O)C(O)=C1O.CCCCCCCCCCCCCCCCCC(=O)OC[C@H](O)[C@H]1OC(=O)C(O)=C1O. The van der Waals surface area contributed by atoms with Crippen LogP contribution in [0.15, 0.2) is 23.0 Å². The smallest absolute Gasteiger partial charge is 0.377 e. The predicted molar refractivity (Wildman–Crippen MR) is 237 cm³/mol. The molecule has 0 fully saturated rings. The Labute approximate surface area is 371 Å². The highest BCUT2D eigenvalue weighted by Gasteiger charge is 2.40. The molecule has 0 saturated heterocycles. The number of ether oxygens (including phenoxy) is 4. The zero-order valence-electron chi connectivity index (χ0n) is 38.5. The fraction of sp³-hybridized carbons (Fsp3) is 0.833. The standard InChI is InChI=1S/2C24H42O7/c1-18(2)15-13-11-9-7-5-3-4-6-8-10-12-14-16-20(26)30-17-19(25)23-21(27)22(28)24(29)31-23;1-2-3-4-5-6-7-8-9-10-11-12-13-14-15-16-17-20(26)30-18-19(25)23-21(27)22(28)24(29)31-23/h18-19,23,25,27-28H,3-17H2,1-2H3;19,23,25,27-28H,2-18H2,1H3/t2*19-,23+/m00/s1. The van der Waals surface area contributed by atoms with Gasteiger partial charge in [-0.05, 0) is 18.8 Å². The molecule has 0 spiro atoms. The summed E-state index contributed by atoms with van der Waals surface area (Å²) in [7, 11) is 0. The minimum absolute atomic E-state index is 0.265. The van der Waals surface area contributed by atoms with E-state index < -0.39 is 84.5 Å². The molecule has 14 nitrogen and oxygen atoms in total. The molecule has 0 aromatic rings. The van der Waals surface area contributed by atoms with Gasteiger partial charge in [-0.25, -0.2) is 9.59 Å². The molecular formula is C48H84O14. The number of aliphatic hydroxyl groups is 6. The van der Waals surface area contributed by atoms with Gasteiger partial charge in [0.25, 0.3) is 0 Å². The number of hydrogen-bond donors (Lipinski definition) is 6. The Hall–Kier alpha value is -3.52. The molecule has 0 bridgehead atoms. The van der Waals surface area contributed by atoms with Crippen molar-refractivity contribution in [2.24, 2.45) is 5.92 Å². The first kappa shape index (κ1) is 56.5. The van der Waals surface area contributed by atoms with Crippen LogP contribution in [0, 0.1) is 5.92 Å². The Kier molecular flexibility index (Phi) is 32.7. The van der Waals surface area contributed by atoms with Crippen LogP contribution in [0.2, 0.25) is 0 Å². The van der Waals surface area contributed by atoms with Crippen molar-refractivity contribution in [2.75, 3.05) is 13.2 Å². The fourth-order valence-electron chi connectivity index (χ4n) is 7.36. The van der Waals surface area contributed by atoms with E-state index in [0.717, 1.165) is 44.4 Å². The van der Waals surface area contributed by atoms with Gasteiger partial charge in [0.1, 0.15) is 25.4 Å². The fourth-order valence-corrected chi connectivity index (χ4v) is 7.36. The highest BCUT2D eigenvalue weighted by Crippen LogP contribution is 2.23. The van der Waals surface area contributed by atoms with E-state index in [1.165, 1.54) is 141 Å². The van der Waals surface area contributed by atoms with E-state index in [1.54, 1.807) is 0 Å². The lowest BCUT2D eigenvalue weighted by molar-refractivity contribution is -0.156. The third kappa shape index (κ3) is 26.8. The molecule has 0 saturated carbocycles. The summed E-state index contributed by atoms with van der Waals surface area (Å²) in [5.74, 6) is -5.59. The molecule has 2 aliphatic rings. The van der Waals surface area contributed by atoms with Crippen LogP contribution in [-0.2, 0) is 38.1 Å². The van der Waals surface area contributed by atoms with E-state index in [1.807, 2.05) is 0 Å². The molecule has 360 valence electrons. The first-order chi connectivity index (χ1) is 29.8. The van der Waals surface area contributed by atoms with E-state index in [2.05, 4.69) is 30.2 Å². The summed E-state index contributed by atoms with van der Waals surface area (Å²) in [6.07, 6.45) is 29.7. The lowest BCUT2D eigenvalue weighted by atomic mass is 10.0. The van der Waals surface area contributed by atoms with Gasteiger partial charge < -0.3 is 49.6 Å². The Balaban J connectivity index is 0.000000620. The van der Waals surface area contributed by atoms with Crippen molar-refractivity contribution in [1.29, 1.82) is 0 Å². The number of carbonyl (C=O) groups is 4. The third-order valence-corrected chi connectivity index (χ3v) is 11.3. The summed E-state index contributed by atoms with van der Waals surface area (Å²) in [4.78, 5) is 45.7. The highest BCUT2D eigenvalue weighted by molar-refractivity contribution is 5.89. The van der Waals surface area contributed by atoms with E-state index in [0.29, 0.717) is 0 Å². The lowest BCUT2D eigenvalue weighted by Crippen LogP contribution is -2.33. The van der Waals surface area contributed by atoms with Gasteiger partial charge in [-0.2, -0.15) is 0 Å². The van der Waals surface area contributed by atoms with Gasteiger partial charge in [0, 0.05) is 12.8 Å². The molecule has 0 amide bonds. The molecule has 2 aliphatic heterocycles. The van der Waals surface area contributed by atoms with Crippen LogP contribution in [0.5, 0.6) is 0 Å². The van der Waals surface area contributed by atoms with Gasteiger partial charge in [0.2, 0.25) is 11.5 Å². The van der Waals surface area contributed by atoms with Crippen molar-refractivity contribution < 1.29 is 68.8 Å². The summed E-state index contributed by atoms with van der Waals surface area (Å²) in [6, 6.07) is 0. The van der Waals surface area contributed by atoms with E-state index >= 15 is 0 Å². The lowest BCUT2D eigenvalue weighted by Gasteiger charge is -2.17. The van der Waals surface area contributed by atoms with Crippen molar-refractivity contribution in [3.05, 3.63) is 23.0 Å². The number of cyclic esters (lactones) is 2. The number of carbonyl (C=O) groups excluding carboxylic acids is 4. The first-order valence-electron chi connectivity index (χ1n) is 24.1. The number of rotatable bonds is 37. The largest absolute Gasteiger partial charge is 0.505 e. The quantitative estimate of drug-likeness (QED) is 0.0194. The first-order valence-corrected chi connectivity index (χ1v) is 24.1. The Morgan fingerprint density at radius 3 is 1.02 bits per heavy atom. The average molecular weight is 885 g/mol. The zero-order chi connectivity index (χ0) is 46.0. The van der Waals surface area contributed by atoms with Crippen molar-refractivity contribution in [3.63, 3.8) is 0 Å². The van der Waals surface area contributed by atoms with Gasteiger partial charge in [0.15, 0.2) is 23.7 Å². The molecule has 0 aromatic heterocycles. The van der Waals surface area contributed by atoms with Crippen LogP contribution in [0.3, 0.4) is 0 Å². The Bertz CT molecular complexity index is 1290. The number of aliphatic hydroxyl groups excluding tert-OH is 6. The maximum Gasteiger partial charge on any atom is 0.377 e. The van der Waals surface area contributed by atoms with Crippen molar-refractivity contribution in [1.82, 2.24) is 0 Å². The van der Waals surface area contributed by atoms with E-state index in [9.17, 15) is 49.8 Å². The van der Waals surface area contributed by atoms with Gasteiger partial charge in [-0.3, -0.25) is 9.59 Å². The average Bonchev–Trinajstić information content (AvgIpc) is 3.66. The molecule has 0 unspecified atom stereocenters. The number of unbranched alkanes of at least 4 members (excludes halogenated alkanes) is 25. The highest BCUT2D eigenvalue weighted by atomic mass is 16.6. The predicted octanol–water partition coefficient (Wildman–Crippen LogP) is 10.7. The molecule has 2 heterocycles. The minimum atomic E-state index is -1.42. The summed E-state index contributed by atoms with van der Waals surface area (Å²) < 4.78 is 19.1. The summed E-state index contributed by atoms with van der Waals surface area (Å²) in [5, 5.41) is 57.1. The molecule has 0 aromatic carbocycles. The second-order valence-electron chi connectivity index (χ2n) is 17.5. The topological polar surface area (TPSA) is 227 Å². The Morgan fingerprint density at radius 2 is 0.758 bits per heavy atom. The number of hydrogen-bond acceptors (Lipinski definition) is 14. The summed E-state index contributed by atoms with van der Waals surface area (Å²) in [6.45, 7) is 6.00. The summed E-state index contributed by atoms with van der Waals surface area (Å²) in [5.41, 5.74) is 0. The van der Waals surface area contributed by atoms with Crippen molar-refractivity contribution in [3.8, 4) is 0 Å². The number of esters is 4. The van der Waals surface area contributed by atoms with E-state index in [-0.39, 0.29) is 12.8 Å². The maximum absolute atomic E-state index is 11.7. The normalized spacial score (nSPS) is 17.2. The van der Waals surface area contributed by atoms with Crippen LogP contribution in [-0.4, -0.2) is 92.1 Å². The van der Waals surface area contributed by atoms with Crippen LogP contribution >= 0.6 is 0 Å². The van der Waals surface area contributed by atoms with Crippen LogP contribution in [0.25, 0.3) is 0 Å². The van der Waals surface area contributed by atoms with E-state index in [4.69, 9.17) is 9.47 Å². The molecule has 6 N–H and O–H groups in total. The van der Waals surface area contributed by atoms with Crippen molar-refractivity contribution >= 4 is 23.9 Å². The van der Waals surface area contributed by atoms with Crippen molar-refractivity contribution in [2.45, 2.75) is 238 Å².